The van der Waals surface area contributed by atoms with E-state index in [0.29, 0.717) is 23.4 Å². The lowest BCUT2D eigenvalue weighted by atomic mass is 10.0. The van der Waals surface area contributed by atoms with Crippen LogP contribution in [0.25, 0.3) is 0 Å². The number of aromatic amines is 1. The molecular formula is C14H18N4O2. The van der Waals surface area contributed by atoms with Crippen molar-refractivity contribution in [2.45, 2.75) is 44.9 Å². The smallest absolute Gasteiger partial charge is 0.234 e. The lowest BCUT2D eigenvalue weighted by Gasteiger charge is -2.03. The van der Waals surface area contributed by atoms with Gasteiger partial charge in [0.25, 0.3) is 0 Å². The topological polar surface area (TPSA) is 83.8 Å². The Kier molecular flexibility index (Phi) is 3.54. The van der Waals surface area contributed by atoms with Crippen LogP contribution in [0.3, 0.4) is 0 Å². The minimum atomic E-state index is -0.170. The Labute approximate surface area is 117 Å². The molecule has 1 aliphatic rings. The molecule has 0 bridgehead atoms. The van der Waals surface area contributed by atoms with E-state index in [-0.39, 0.29) is 12.3 Å². The number of aryl methyl sites for hydroxylation is 1. The summed E-state index contributed by atoms with van der Waals surface area (Å²) in [5.74, 6) is 2.08. The second-order valence-electron chi connectivity index (χ2n) is 5.28. The molecule has 1 saturated carbocycles. The Hall–Kier alpha value is -2.11. The molecule has 20 heavy (non-hydrogen) atoms. The molecule has 6 heteroatoms. The fourth-order valence-corrected chi connectivity index (χ4v) is 2.65. The number of oxazole rings is 1. The van der Waals surface area contributed by atoms with Crippen molar-refractivity contribution in [3.05, 3.63) is 29.6 Å². The van der Waals surface area contributed by atoms with Crippen molar-refractivity contribution in [2.75, 3.05) is 5.32 Å². The standard InChI is InChI=1S/C14H18N4O2/c1-9-8-15-14(20-9)7-13(19)16-12-6-11(17-18-12)10-4-2-3-5-10/h6,8,10H,2-5,7H2,1H3,(H2,16,17,18,19). The van der Waals surface area contributed by atoms with Gasteiger partial charge in [-0.15, -0.1) is 0 Å². The number of hydrogen-bond acceptors (Lipinski definition) is 4. The molecule has 6 nitrogen and oxygen atoms in total. The van der Waals surface area contributed by atoms with Gasteiger partial charge in [0.15, 0.2) is 5.82 Å². The van der Waals surface area contributed by atoms with Crippen LogP contribution in [0.2, 0.25) is 0 Å². The predicted molar refractivity (Wildman–Crippen MR) is 73.4 cm³/mol. The molecule has 1 amide bonds. The molecule has 0 atom stereocenters. The van der Waals surface area contributed by atoms with Crippen LogP contribution in [-0.4, -0.2) is 21.1 Å². The zero-order valence-electron chi connectivity index (χ0n) is 11.5. The lowest BCUT2D eigenvalue weighted by molar-refractivity contribution is -0.115. The van der Waals surface area contributed by atoms with Crippen LogP contribution in [0.5, 0.6) is 0 Å². The maximum absolute atomic E-state index is 11.9. The van der Waals surface area contributed by atoms with Crippen LogP contribution in [0.4, 0.5) is 5.82 Å². The highest BCUT2D eigenvalue weighted by Gasteiger charge is 2.19. The van der Waals surface area contributed by atoms with E-state index >= 15 is 0 Å². The second-order valence-corrected chi connectivity index (χ2v) is 5.28. The number of nitrogens with zero attached hydrogens (tertiary/aromatic N) is 2. The predicted octanol–water partition coefficient (Wildman–Crippen LogP) is 2.54. The fraction of sp³-hybridized carbons (Fsp3) is 0.500. The van der Waals surface area contributed by atoms with E-state index < -0.39 is 0 Å². The Morgan fingerprint density at radius 2 is 2.30 bits per heavy atom. The SMILES string of the molecule is Cc1cnc(CC(=O)Nc2cc(C3CCCC3)[nH]n2)o1. The van der Waals surface area contributed by atoms with Crippen molar-refractivity contribution in [2.24, 2.45) is 0 Å². The van der Waals surface area contributed by atoms with Crippen LogP contribution >= 0.6 is 0 Å². The summed E-state index contributed by atoms with van der Waals surface area (Å²) in [6, 6.07) is 1.93. The van der Waals surface area contributed by atoms with Gasteiger partial charge in [0.05, 0.1) is 6.20 Å². The molecule has 2 aromatic heterocycles. The summed E-state index contributed by atoms with van der Waals surface area (Å²) in [4.78, 5) is 15.9. The van der Waals surface area contributed by atoms with Gasteiger partial charge in [0, 0.05) is 17.7 Å². The van der Waals surface area contributed by atoms with Crippen molar-refractivity contribution in [3.63, 3.8) is 0 Å². The summed E-state index contributed by atoms with van der Waals surface area (Å²) in [6.45, 7) is 1.80. The van der Waals surface area contributed by atoms with Gasteiger partial charge in [-0.25, -0.2) is 4.98 Å². The number of H-pyrrole nitrogens is 1. The summed E-state index contributed by atoms with van der Waals surface area (Å²) >= 11 is 0. The number of aromatic nitrogens is 3. The maximum Gasteiger partial charge on any atom is 0.234 e. The van der Waals surface area contributed by atoms with E-state index in [1.165, 1.54) is 25.7 Å². The highest BCUT2D eigenvalue weighted by Crippen LogP contribution is 2.33. The average Bonchev–Trinajstić information content (AvgIpc) is 3.10. The first-order valence-electron chi connectivity index (χ1n) is 6.97. The highest BCUT2D eigenvalue weighted by atomic mass is 16.4. The molecule has 2 heterocycles. The molecule has 2 N–H and O–H groups in total. The first-order chi connectivity index (χ1) is 9.70. The molecule has 0 saturated heterocycles. The Balaban J connectivity index is 1.58. The Morgan fingerprint density at radius 1 is 1.50 bits per heavy atom. The average molecular weight is 274 g/mol. The summed E-state index contributed by atoms with van der Waals surface area (Å²) in [7, 11) is 0. The number of carbonyl (C=O) groups is 1. The normalized spacial score (nSPS) is 15.7. The first kappa shape index (κ1) is 12.9. The molecule has 1 aliphatic carbocycles. The van der Waals surface area contributed by atoms with Crippen LogP contribution in [0.15, 0.2) is 16.7 Å². The number of amides is 1. The number of anilines is 1. The minimum Gasteiger partial charge on any atom is -0.445 e. The quantitative estimate of drug-likeness (QED) is 0.897. The molecule has 0 aromatic carbocycles. The van der Waals surface area contributed by atoms with Crippen LogP contribution in [-0.2, 0) is 11.2 Å². The molecule has 0 radical (unpaired) electrons. The van der Waals surface area contributed by atoms with Crippen molar-refractivity contribution < 1.29 is 9.21 Å². The monoisotopic (exact) mass is 274 g/mol. The molecular weight excluding hydrogens is 256 g/mol. The third-order valence-corrected chi connectivity index (χ3v) is 3.64. The van der Waals surface area contributed by atoms with E-state index in [0.717, 1.165) is 5.69 Å². The molecule has 2 aromatic rings. The molecule has 106 valence electrons. The molecule has 0 spiro atoms. The summed E-state index contributed by atoms with van der Waals surface area (Å²) in [5, 5.41) is 9.92. The van der Waals surface area contributed by atoms with Crippen LogP contribution < -0.4 is 5.32 Å². The third kappa shape index (κ3) is 2.89. The van der Waals surface area contributed by atoms with Crippen molar-refractivity contribution in [3.8, 4) is 0 Å². The number of rotatable bonds is 4. The number of carbonyl (C=O) groups excluding carboxylic acids is 1. The Bertz CT molecular complexity index is 596. The van der Waals surface area contributed by atoms with E-state index in [2.05, 4.69) is 20.5 Å². The summed E-state index contributed by atoms with van der Waals surface area (Å²) in [6.07, 6.45) is 6.68. The Morgan fingerprint density at radius 3 is 3.00 bits per heavy atom. The van der Waals surface area contributed by atoms with Gasteiger partial charge >= 0.3 is 0 Å². The van der Waals surface area contributed by atoms with Crippen LogP contribution in [0.1, 0.15) is 48.9 Å². The van der Waals surface area contributed by atoms with Gasteiger partial charge in [-0.3, -0.25) is 9.89 Å². The van der Waals surface area contributed by atoms with Gasteiger partial charge in [0.1, 0.15) is 12.2 Å². The molecule has 0 aliphatic heterocycles. The van der Waals surface area contributed by atoms with Crippen molar-refractivity contribution in [1.29, 1.82) is 0 Å². The van der Waals surface area contributed by atoms with Gasteiger partial charge < -0.3 is 9.73 Å². The molecule has 1 fully saturated rings. The van der Waals surface area contributed by atoms with Gasteiger partial charge in [-0.1, -0.05) is 12.8 Å². The zero-order valence-corrected chi connectivity index (χ0v) is 11.5. The second kappa shape index (κ2) is 5.48. The third-order valence-electron chi connectivity index (χ3n) is 3.64. The van der Waals surface area contributed by atoms with E-state index in [4.69, 9.17) is 4.42 Å². The van der Waals surface area contributed by atoms with Crippen molar-refractivity contribution in [1.82, 2.24) is 15.2 Å². The molecule has 0 unspecified atom stereocenters. The number of hydrogen-bond donors (Lipinski definition) is 2. The fourth-order valence-electron chi connectivity index (χ4n) is 2.65. The van der Waals surface area contributed by atoms with E-state index in [1.54, 1.807) is 13.1 Å². The highest BCUT2D eigenvalue weighted by molar-refractivity contribution is 5.90. The van der Waals surface area contributed by atoms with Gasteiger partial charge in [-0.2, -0.15) is 5.10 Å². The minimum absolute atomic E-state index is 0.124. The zero-order chi connectivity index (χ0) is 13.9. The number of nitrogens with one attached hydrogen (secondary N) is 2. The van der Waals surface area contributed by atoms with Gasteiger partial charge in [0.2, 0.25) is 11.8 Å². The maximum atomic E-state index is 11.9. The first-order valence-corrected chi connectivity index (χ1v) is 6.97. The van der Waals surface area contributed by atoms with Crippen molar-refractivity contribution >= 4 is 11.7 Å². The van der Waals surface area contributed by atoms with E-state index in [9.17, 15) is 4.79 Å². The van der Waals surface area contributed by atoms with Gasteiger partial charge in [-0.05, 0) is 19.8 Å². The largest absolute Gasteiger partial charge is 0.445 e. The summed E-state index contributed by atoms with van der Waals surface area (Å²) in [5.41, 5.74) is 1.12. The van der Waals surface area contributed by atoms with E-state index in [1.807, 2.05) is 6.07 Å². The lowest BCUT2D eigenvalue weighted by Crippen LogP contribution is -2.14. The molecule has 3 rings (SSSR count). The van der Waals surface area contributed by atoms with Crippen LogP contribution in [0, 0.1) is 6.92 Å². The summed E-state index contributed by atoms with van der Waals surface area (Å²) < 4.78 is 5.28.